The Balaban J connectivity index is 2.26. The van der Waals surface area contributed by atoms with Crippen LogP contribution in [-0.4, -0.2) is 9.97 Å². The van der Waals surface area contributed by atoms with Crippen molar-refractivity contribution in [2.75, 3.05) is 5.32 Å². The van der Waals surface area contributed by atoms with Gasteiger partial charge in [-0.05, 0) is 18.2 Å². The predicted molar refractivity (Wildman–Crippen MR) is 61.8 cm³/mol. The zero-order chi connectivity index (χ0) is 10.7. The summed E-state index contributed by atoms with van der Waals surface area (Å²) in [7, 11) is 0. The normalized spacial score (nSPS) is 10.0. The zero-order valence-corrected chi connectivity index (χ0v) is 9.13. The standard InChI is InChI=1S/C10H7Cl2N3/c11-7-2-1-3-8(6-7)15-10-9(12)13-4-5-14-10/h1-6H,(H,14,15). The summed E-state index contributed by atoms with van der Waals surface area (Å²) >= 11 is 11.7. The van der Waals surface area contributed by atoms with Gasteiger partial charge in [-0.2, -0.15) is 0 Å². The van der Waals surface area contributed by atoms with E-state index in [9.17, 15) is 0 Å². The van der Waals surface area contributed by atoms with Gasteiger partial charge >= 0.3 is 0 Å². The molecule has 0 fully saturated rings. The van der Waals surface area contributed by atoms with Crippen LogP contribution < -0.4 is 5.32 Å². The lowest BCUT2D eigenvalue weighted by molar-refractivity contribution is 1.20. The van der Waals surface area contributed by atoms with Crippen LogP contribution >= 0.6 is 23.2 Å². The molecule has 5 heteroatoms. The predicted octanol–water partition coefficient (Wildman–Crippen LogP) is 3.53. The van der Waals surface area contributed by atoms with Gasteiger partial charge < -0.3 is 5.32 Å². The Labute approximate surface area is 97.1 Å². The number of hydrogen-bond donors (Lipinski definition) is 1. The molecule has 2 rings (SSSR count). The second kappa shape index (κ2) is 4.47. The van der Waals surface area contributed by atoms with E-state index in [1.165, 1.54) is 6.20 Å². The van der Waals surface area contributed by atoms with Crippen molar-refractivity contribution in [2.24, 2.45) is 0 Å². The Morgan fingerprint density at radius 1 is 1.07 bits per heavy atom. The van der Waals surface area contributed by atoms with Gasteiger partial charge in [0.15, 0.2) is 11.0 Å². The molecule has 0 amide bonds. The lowest BCUT2D eigenvalue weighted by Crippen LogP contribution is -1.95. The van der Waals surface area contributed by atoms with Gasteiger partial charge in [0, 0.05) is 23.1 Å². The van der Waals surface area contributed by atoms with E-state index in [0.29, 0.717) is 16.0 Å². The molecule has 0 aliphatic carbocycles. The Morgan fingerprint density at radius 2 is 1.87 bits per heavy atom. The van der Waals surface area contributed by atoms with Gasteiger partial charge in [0.1, 0.15) is 0 Å². The minimum atomic E-state index is 0.331. The van der Waals surface area contributed by atoms with Gasteiger partial charge in [0.2, 0.25) is 0 Å². The number of benzene rings is 1. The van der Waals surface area contributed by atoms with Crippen molar-refractivity contribution in [3.8, 4) is 0 Å². The van der Waals surface area contributed by atoms with Gasteiger partial charge in [0.05, 0.1) is 0 Å². The number of halogens is 2. The minimum absolute atomic E-state index is 0.331. The topological polar surface area (TPSA) is 37.8 Å². The number of aromatic nitrogens is 2. The molecule has 1 N–H and O–H groups in total. The molecular formula is C10H7Cl2N3. The summed E-state index contributed by atoms with van der Waals surface area (Å²) in [6.07, 6.45) is 3.10. The first-order valence-electron chi connectivity index (χ1n) is 4.25. The molecule has 76 valence electrons. The fraction of sp³-hybridized carbons (Fsp3) is 0. The average molecular weight is 240 g/mol. The molecule has 0 saturated heterocycles. The summed E-state index contributed by atoms with van der Waals surface area (Å²) in [5, 5.41) is 4.01. The molecule has 15 heavy (non-hydrogen) atoms. The molecule has 0 unspecified atom stereocenters. The van der Waals surface area contributed by atoms with E-state index >= 15 is 0 Å². The van der Waals surface area contributed by atoms with Crippen LogP contribution in [0.15, 0.2) is 36.7 Å². The summed E-state index contributed by atoms with van der Waals surface area (Å²) < 4.78 is 0. The molecule has 1 aromatic heterocycles. The summed E-state index contributed by atoms with van der Waals surface area (Å²) in [5.74, 6) is 0.515. The Morgan fingerprint density at radius 3 is 2.60 bits per heavy atom. The molecule has 0 spiro atoms. The number of hydrogen-bond acceptors (Lipinski definition) is 3. The van der Waals surface area contributed by atoms with Gasteiger partial charge in [-0.1, -0.05) is 29.3 Å². The fourth-order valence-corrected chi connectivity index (χ4v) is 1.45. The zero-order valence-electron chi connectivity index (χ0n) is 7.61. The van der Waals surface area contributed by atoms with Gasteiger partial charge in [0.25, 0.3) is 0 Å². The highest BCUT2D eigenvalue weighted by molar-refractivity contribution is 6.32. The van der Waals surface area contributed by atoms with E-state index in [0.717, 1.165) is 5.69 Å². The SMILES string of the molecule is Clc1cccc(Nc2nccnc2Cl)c1. The van der Waals surface area contributed by atoms with Crippen LogP contribution in [0.25, 0.3) is 0 Å². The van der Waals surface area contributed by atoms with Crippen molar-refractivity contribution in [1.82, 2.24) is 9.97 Å². The molecule has 0 aliphatic heterocycles. The first-order valence-corrected chi connectivity index (χ1v) is 5.00. The largest absolute Gasteiger partial charge is 0.338 e. The fourth-order valence-electron chi connectivity index (χ4n) is 1.11. The van der Waals surface area contributed by atoms with Crippen molar-refractivity contribution >= 4 is 34.7 Å². The lowest BCUT2D eigenvalue weighted by atomic mass is 10.3. The maximum absolute atomic E-state index is 5.84. The summed E-state index contributed by atoms with van der Waals surface area (Å²) in [4.78, 5) is 7.96. The number of nitrogens with one attached hydrogen (secondary N) is 1. The number of nitrogens with zero attached hydrogens (tertiary/aromatic N) is 2. The third kappa shape index (κ3) is 2.58. The smallest absolute Gasteiger partial charge is 0.171 e. The molecule has 2 aromatic rings. The lowest BCUT2D eigenvalue weighted by Gasteiger charge is -2.05. The van der Waals surface area contributed by atoms with E-state index in [1.807, 2.05) is 12.1 Å². The van der Waals surface area contributed by atoms with Crippen LogP contribution in [0.2, 0.25) is 10.2 Å². The minimum Gasteiger partial charge on any atom is -0.338 e. The molecule has 3 nitrogen and oxygen atoms in total. The van der Waals surface area contributed by atoms with Crippen LogP contribution in [0.4, 0.5) is 11.5 Å². The third-order valence-electron chi connectivity index (χ3n) is 1.74. The van der Waals surface area contributed by atoms with Crippen LogP contribution in [0.3, 0.4) is 0 Å². The van der Waals surface area contributed by atoms with Crippen LogP contribution in [0.5, 0.6) is 0 Å². The molecule has 0 saturated carbocycles. The molecule has 0 aliphatic rings. The maximum atomic E-state index is 5.84. The van der Waals surface area contributed by atoms with Crippen molar-refractivity contribution in [3.05, 3.63) is 46.8 Å². The monoisotopic (exact) mass is 239 g/mol. The Hall–Kier alpha value is -1.32. The van der Waals surface area contributed by atoms with Gasteiger partial charge in [-0.25, -0.2) is 9.97 Å². The molecular weight excluding hydrogens is 233 g/mol. The highest BCUT2D eigenvalue weighted by Gasteiger charge is 2.02. The van der Waals surface area contributed by atoms with Crippen molar-refractivity contribution in [3.63, 3.8) is 0 Å². The maximum Gasteiger partial charge on any atom is 0.171 e. The first kappa shape index (κ1) is 10.2. The summed E-state index contributed by atoms with van der Waals surface area (Å²) in [6.45, 7) is 0. The molecule has 0 radical (unpaired) electrons. The van der Waals surface area contributed by atoms with E-state index in [-0.39, 0.29) is 0 Å². The number of rotatable bonds is 2. The van der Waals surface area contributed by atoms with E-state index < -0.39 is 0 Å². The molecule has 1 aromatic carbocycles. The number of anilines is 2. The van der Waals surface area contributed by atoms with Gasteiger partial charge in [-0.3, -0.25) is 0 Å². The molecule has 1 heterocycles. The van der Waals surface area contributed by atoms with E-state index in [2.05, 4.69) is 15.3 Å². The van der Waals surface area contributed by atoms with Gasteiger partial charge in [-0.15, -0.1) is 0 Å². The summed E-state index contributed by atoms with van der Waals surface area (Å²) in [6, 6.07) is 7.30. The average Bonchev–Trinajstić information content (AvgIpc) is 2.22. The highest BCUT2D eigenvalue weighted by atomic mass is 35.5. The first-order chi connectivity index (χ1) is 7.25. The van der Waals surface area contributed by atoms with Crippen molar-refractivity contribution < 1.29 is 0 Å². The van der Waals surface area contributed by atoms with E-state index in [1.54, 1.807) is 18.3 Å². The van der Waals surface area contributed by atoms with Crippen LogP contribution in [0.1, 0.15) is 0 Å². The third-order valence-corrected chi connectivity index (χ3v) is 2.25. The Bertz CT molecular complexity index is 474. The molecule has 0 bridgehead atoms. The van der Waals surface area contributed by atoms with Crippen LogP contribution in [-0.2, 0) is 0 Å². The second-order valence-corrected chi connectivity index (χ2v) is 3.63. The van der Waals surface area contributed by atoms with Crippen molar-refractivity contribution in [2.45, 2.75) is 0 Å². The quantitative estimate of drug-likeness (QED) is 0.872. The van der Waals surface area contributed by atoms with Crippen LogP contribution in [0, 0.1) is 0 Å². The molecule has 0 atom stereocenters. The Kier molecular flexibility index (Phi) is 3.04. The highest BCUT2D eigenvalue weighted by Crippen LogP contribution is 2.22. The second-order valence-electron chi connectivity index (χ2n) is 2.83. The van der Waals surface area contributed by atoms with Crippen molar-refractivity contribution in [1.29, 1.82) is 0 Å². The summed E-state index contributed by atoms with van der Waals surface area (Å²) in [5.41, 5.74) is 0.824. The van der Waals surface area contributed by atoms with E-state index in [4.69, 9.17) is 23.2 Å².